The highest BCUT2D eigenvalue weighted by atomic mass is 32.2. The van der Waals surface area contributed by atoms with E-state index in [1.807, 2.05) is 0 Å². The van der Waals surface area contributed by atoms with E-state index < -0.39 is 34.1 Å². The number of halogens is 3. The van der Waals surface area contributed by atoms with Crippen LogP contribution in [0.15, 0.2) is 29.6 Å². The van der Waals surface area contributed by atoms with E-state index in [4.69, 9.17) is 10.2 Å². The van der Waals surface area contributed by atoms with Gasteiger partial charge in [0.1, 0.15) is 5.01 Å². The van der Waals surface area contributed by atoms with Crippen LogP contribution in [-0.2, 0) is 16.4 Å². The van der Waals surface area contributed by atoms with Crippen molar-refractivity contribution < 1.29 is 31.5 Å². The zero-order valence-electron chi connectivity index (χ0n) is 14.9. The molecule has 0 aliphatic rings. The van der Waals surface area contributed by atoms with Gasteiger partial charge < -0.3 is 10.4 Å². The summed E-state index contributed by atoms with van der Waals surface area (Å²) in [6.45, 7) is 0.118. The van der Waals surface area contributed by atoms with Gasteiger partial charge in [0.05, 0.1) is 17.3 Å². The molecule has 8 nitrogen and oxygen atoms in total. The molecule has 1 atom stereocenters. The zero-order chi connectivity index (χ0) is 21.7. The fraction of sp³-hybridized carbons (Fsp3) is 0.375. The van der Waals surface area contributed by atoms with Gasteiger partial charge in [-0.1, -0.05) is 12.1 Å². The smallest absolute Gasteiger partial charge is 0.416 e. The van der Waals surface area contributed by atoms with Gasteiger partial charge in [-0.2, -0.15) is 21.6 Å². The first kappa shape index (κ1) is 23.1. The molecule has 160 valence electrons. The molecule has 1 heterocycles. The van der Waals surface area contributed by atoms with Crippen molar-refractivity contribution in [1.29, 1.82) is 0 Å². The Balaban J connectivity index is 2.05. The Morgan fingerprint density at radius 1 is 1.24 bits per heavy atom. The number of alkyl halides is 3. The summed E-state index contributed by atoms with van der Waals surface area (Å²) in [5, 5.41) is 18.3. The minimum atomic E-state index is -4.43. The molecule has 0 aliphatic carbocycles. The topological polar surface area (TPSA) is 134 Å². The predicted molar refractivity (Wildman–Crippen MR) is 101 cm³/mol. The quantitative estimate of drug-likeness (QED) is 0.434. The van der Waals surface area contributed by atoms with E-state index in [2.05, 4.69) is 15.0 Å². The second-order valence-electron chi connectivity index (χ2n) is 6.09. The lowest BCUT2D eigenvalue weighted by molar-refractivity contribution is -0.137. The Morgan fingerprint density at radius 3 is 2.45 bits per heavy atom. The zero-order valence-corrected chi connectivity index (χ0v) is 16.6. The van der Waals surface area contributed by atoms with Crippen LogP contribution in [0.5, 0.6) is 0 Å². The molecular weight excluding hydrogens is 433 g/mol. The van der Waals surface area contributed by atoms with E-state index >= 15 is 0 Å². The molecule has 0 spiro atoms. The van der Waals surface area contributed by atoms with Crippen LogP contribution in [0.1, 0.15) is 36.6 Å². The third-order valence-corrected chi connectivity index (χ3v) is 5.37. The van der Waals surface area contributed by atoms with Crippen molar-refractivity contribution in [2.24, 2.45) is 5.14 Å². The molecule has 2 aromatic rings. The Morgan fingerprint density at radius 2 is 1.90 bits per heavy atom. The number of carboxylic acid groups (broad SMARTS) is 1. The lowest BCUT2D eigenvalue weighted by Crippen LogP contribution is -2.31. The van der Waals surface area contributed by atoms with Gasteiger partial charge in [0, 0.05) is 17.5 Å². The van der Waals surface area contributed by atoms with Crippen molar-refractivity contribution in [1.82, 2.24) is 15.0 Å². The van der Waals surface area contributed by atoms with Gasteiger partial charge in [0.25, 0.3) is 10.2 Å². The van der Waals surface area contributed by atoms with Gasteiger partial charge in [0.2, 0.25) is 0 Å². The molecule has 0 radical (unpaired) electrons. The average Bonchev–Trinajstić information content (AvgIpc) is 3.08. The van der Waals surface area contributed by atoms with E-state index in [0.29, 0.717) is 35.5 Å². The van der Waals surface area contributed by atoms with E-state index in [-0.39, 0.29) is 6.54 Å². The lowest BCUT2D eigenvalue weighted by Gasteiger charge is -2.14. The molecule has 2 rings (SSSR count). The highest BCUT2D eigenvalue weighted by molar-refractivity contribution is 7.87. The Labute approximate surface area is 169 Å². The fourth-order valence-corrected chi connectivity index (χ4v) is 3.82. The maximum Gasteiger partial charge on any atom is 0.416 e. The number of carbonyl (C=O) groups is 1. The maximum absolute atomic E-state index is 12.7. The number of rotatable bonds is 9. The number of hydrogen-bond donors (Lipinski definition) is 4. The van der Waals surface area contributed by atoms with Crippen molar-refractivity contribution in [3.63, 3.8) is 0 Å². The normalized spacial score (nSPS) is 13.2. The molecule has 0 fully saturated rings. The number of nitrogens with zero attached hydrogens (tertiary/aromatic N) is 1. The Kier molecular flexibility index (Phi) is 7.57. The number of unbranched alkanes of at least 4 members (excludes halogenated alkanes) is 1. The van der Waals surface area contributed by atoms with Crippen LogP contribution >= 0.6 is 11.3 Å². The second-order valence-corrected chi connectivity index (χ2v) is 8.33. The van der Waals surface area contributed by atoms with E-state index in [1.165, 1.54) is 23.5 Å². The second kappa shape index (κ2) is 9.52. The number of nitrogens with one attached hydrogen (secondary N) is 2. The van der Waals surface area contributed by atoms with Crippen molar-refractivity contribution in [3.05, 3.63) is 40.9 Å². The molecule has 1 aromatic carbocycles. The van der Waals surface area contributed by atoms with Gasteiger partial charge in [-0.3, -0.25) is 0 Å². The predicted octanol–water partition coefficient (Wildman–Crippen LogP) is 3.10. The molecule has 0 saturated carbocycles. The van der Waals surface area contributed by atoms with Crippen LogP contribution in [0.25, 0.3) is 10.6 Å². The number of thiazole rings is 1. The molecule has 29 heavy (non-hydrogen) atoms. The molecule has 0 aliphatic heterocycles. The van der Waals surface area contributed by atoms with Gasteiger partial charge >= 0.3 is 12.3 Å². The van der Waals surface area contributed by atoms with Crippen molar-refractivity contribution >= 4 is 27.6 Å². The number of benzene rings is 1. The SMILES string of the molecule is NS(=O)(=O)NCCCCC(NC(=O)O)c1csc(-c2ccc(C(F)(F)F)cc2)n1. The minimum absolute atomic E-state index is 0.118. The maximum atomic E-state index is 12.7. The molecule has 5 N–H and O–H groups in total. The summed E-state index contributed by atoms with van der Waals surface area (Å²) in [5.74, 6) is 0. The summed E-state index contributed by atoms with van der Waals surface area (Å²) >= 11 is 1.19. The summed E-state index contributed by atoms with van der Waals surface area (Å²) in [6, 6.07) is 3.90. The summed E-state index contributed by atoms with van der Waals surface area (Å²) in [6.07, 6.45) is -4.40. The highest BCUT2D eigenvalue weighted by Crippen LogP contribution is 2.32. The summed E-state index contributed by atoms with van der Waals surface area (Å²) in [5.41, 5.74) is 0.156. The summed E-state index contributed by atoms with van der Waals surface area (Å²) in [4.78, 5) is 15.4. The van der Waals surface area contributed by atoms with Gasteiger partial charge in [-0.15, -0.1) is 11.3 Å². The van der Waals surface area contributed by atoms with Crippen LogP contribution in [0.2, 0.25) is 0 Å². The van der Waals surface area contributed by atoms with E-state index in [1.54, 1.807) is 5.38 Å². The van der Waals surface area contributed by atoms with Gasteiger partial charge in [0.15, 0.2) is 0 Å². The van der Waals surface area contributed by atoms with Gasteiger partial charge in [-0.05, 0) is 31.4 Å². The van der Waals surface area contributed by atoms with Crippen molar-refractivity contribution in [2.75, 3.05) is 6.54 Å². The van der Waals surface area contributed by atoms with Crippen LogP contribution in [0, 0.1) is 0 Å². The van der Waals surface area contributed by atoms with Gasteiger partial charge in [-0.25, -0.2) is 19.6 Å². The standard InChI is InChI=1S/C16H19F3N4O4S2/c17-16(18,19)11-6-4-10(5-7-11)14-22-13(9-28-14)12(23-15(24)25)3-1-2-8-21-29(20,26)27/h4-7,9,12,21,23H,1-3,8H2,(H,24,25)(H2,20,26,27). The molecule has 0 bridgehead atoms. The Hall–Kier alpha value is -2.22. The number of aromatic nitrogens is 1. The van der Waals surface area contributed by atoms with Crippen molar-refractivity contribution in [3.8, 4) is 10.6 Å². The van der Waals surface area contributed by atoms with Crippen LogP contribution in [0.3, 0.4) is 0 Å². The highest BCUT2D eigenvalue weighted by Gasteiger charge is 2.30. The number of amides is 1. The number of nitrogens with two attached hydrogens (primary N) is 1. The fourth-order valence-electron chi connectivity index (χ4n) is 2.51. The lowest BCUT2D eigenvalue weighted by atomic mass is 10.1. The first-order valence-electron chi connectivity index (χ1n) is 8.35. The average molecular weight is 452 g/mol. The monoisotopic (exact) mass is 452 g/mol. The van der Waals surface area contributed by atoms with Crippen LogP contribution < -0.4 is 15.2 Å². The Bertz CT molecular complexity index is 930. The molecule has 1 unspecified atom stereocenters. The molecule has 13 heteroatoms. The summed E-state index contributed by atoms with van der Waals surface area (Å²) in [7, 11) is -3.78. The third kappa shape index (κ3) is 7.61. The molecule has 0 saturated heterocycles. The molecular formula is C16H19F3N4O4S2. The third-order valence-electron chi connectivity index (χ3n) is 3.86. The van der Waals surface area contributed by atoms with E-state index in [0.717, 1.165) is 12.1 Å². The molecule has 1 aromatic heterocycles. The molecule has 1 amide bonds. The largest absolute Gasteiger partial charge is 0.465 e. The first-order chi connectivity index (χ1) is 13.5. The van der Waals surface area contributed by atoms with Crippen molar-refractivity contribution in [2.45, 2.75) is 31.5 Å². The summed E-state index contributed by atoms with van der Waals surface area (Å²) < 4.78 is 61.8. The van der Waals surface area contributed by atoms with E-state index in [9.17, 15) is 26.4 Å². The van der Waals surface area contributed by atoms with Crippen LogP contribution in [0.4, 0.5) is 18.0 Å². The van der Waals surface area contributed by atoms with Crippen LogP contribution in [-0.4, -0.2) is 31.1 Å². The number of hydrogen-bond acceptors (Lipinski definition) is 5. The minimum Gasteiger partial charge on any atom is -0.465 e. The first-order valence-corrected chi connectivity index (χ1v) is 10.8.